The Morgan fingerprint density at radius 3 is 2.46 bits per heavy atom. The summed E-state index contributed by atoms with van der Waals surface area (Å²) in [6.07, 6.45) is 4.36. The van der Waals surface area contributed by atoms with Gasteiger partial charge in [-0.05, 0) is 17.7 Å². The zero-order chi connectivity index (χ0) is 19.9. The molecule has 2 aromatic heterocycles. The standard InChI is InChI=1S/C20H19ClN2O4.ClH/c1-20(2,3)18(26)14-11-22-7-8-23(10-12-5-4-6-13(21)9-12)19(27)15(22)17(25)16(14)24;/h4-9,11,25H,10H2,1-3H3;1H. The molecule has 1 N–H and O–H groups in total. The number of carbonyl (C=O) groups excluding carboxylic acids is 1. The number of fused-ring (bicyclic) bond motifs is 1. The van der Waals surface area contributed by atoms with E-state index in [-0.39, 0.29) is 30.0 Å². The summed E-state index contributed by atoms with van der Waals surface area (Å²) >= 11 is 5.97. The average Bonchev–Trinajstić information content (AvgIpc) is 2.59. The molecule has 148 valence electrons. The molecule has 0 fully saturated rings. The number of aromatic hydroxyl groups is 1. The van der Waals surface area contributed by atoms with Crippen molar-refractivity contribution in [1.29, 1.82) is 0 Å². The Morgan fingerprint density at radius 2 is 1.86 bits per heavy atom. The van der Waals surface area contributed by atoms with E-state index in [2.05, 4.69) is 0 Å². The number of pyridine rings is 1. The fraction of sp³-hybridized carbons (Fsp3) is 0.250. The van der Waals surface area contributed by atoms with Gasteiger partial charge in [-0.15, -0.1) is 12.4 Å². The van der Waals surface area contributed by atoms with E-state index in [4.69, 9.17) is 11.6 Å². The number of nitrogens with zero attached hydrogens (tertiary/aromatic N) is 2. The molecule has 0 unspecified atom stereocenters. The van der Waals surface area contributed by atoms with Gasteiger partial charge in [-0.25, -0.2) is 0 Å². The summed E-state index contributed by atoms with van der Waals surface area (Å²) in [4.78, 5) is 37.8. The molecule has 28 heavy (non-hydrogen) atoms. The predicted molar refractivity (Wildman–Crippen MR) is 111 cm³/mol. The van der Waals surface area contributed by atoms with Crippen LogP contribution in [-0.4, -0.2) is 19.9 Å². The molecule has 0 aliphatic carbocycles. The average molecular weight is 423 g/mol. The fourth-order valence-corrected chi connectivity index (χ4v) is 3.04. The number of halogens is 2. The van der Waals surface area contributed by atoms with Crippen molar-refractivity contribution in [2.45, 2.75) is 27.3 Å². The predicted octanol–water partition coefficient (Wildman–Crippen LogP) is 3.52. The van der Waals surface area contributed by atoms with Crippen molar-refractivity contribution in [1.82, 2.24) is 8.97 Å². The van der Waals surface area contributed by atoms with Crippen LogP contribution in [0.25, 0.3) is 5.52 Å². The number of carbonyl (C=O) groups is 1. The maximum atomic E-state index is 12.8. The number of Topliss-reactive ketones (excluding diaryl/α,β-unsaturated/α-hetero) is 1. The van der Waals surface area contributed by atoms with Crippen molar-refractivity contribution in [3.8, 4) is 5.75 Å². The number of aromatic nitrogens is 2. The van der Waals surface area contributed by atoms with Gasteiger partial charge >= 0.3 is 0 Å². The molecule has 0 amide bonds. The molecule has 0 saturated carbocycles. The highest BCUT2D eigenvalue weighted by Crippen LogP contribution is 2.21. The summed E-state index contributed by atoms with van der Waals surface area (Å²) < 4.78 is 2.68. The highest BCUT2D eigenvalue weighted by molar-refractivity contribution is 6.30. The zero-order valence-electron chi connectivity index (χ0n) is 15.6. The van der Waals surface area contributed by atoms with Crippen LogP contribution < -0.4 is 11.0 Å². The van der Waals surface area contributed by atoms with Crippen LogP contribution >= 0.6 is 24.0 Å². The van der Waals surface area contributed by atoms with Crippen molar-refractivity contribution < 1.29 is 9.90 Å². The first kappa shape index (κ1) is 21.7. The van der Waals surface area contributed by atoms with Gasteiger partial charge in [0, 0.05) is 29.0 Å². The molecule has 0 bridgehead atoms. The fourth-order valence-electron chi connectivity index (χ4n) is 2.83. The molecular formula is C20H20Cl2N2O4. The van der Waals surface area contributed by atoms with Gasteiger partial charge in [0.1, 0.15) is 0 Å². The lowest BCUT2D eigenvalue weighted by Gasteiger charge is -2.17. The number of ketones is 1. The van der Waals surface area contributed by atoms with Crippen molar-refractivity contribution in [3.05, 3.63) is 79.6 Å². The van der Waals surface area contributed by atoms with E-state index in [9.17, 15) is 19.5 Å². The molecule has 0 spiro atoms. The quantitative estimate of drug-likeness (QED) is 0.654. The number of hydrogen-bond donors (Lipinski definition) is 1. The topological polar surface area (TPSA) is 80.8 Å². The minimum Gasteiger partial charge on any atom is -0.503 e. The molecular weight excluding hydrogens is 403 g/mol. The van der Waals surface area contributed by atoms with Crippen LogP contribution in [0.5, 0.6) is 5.75 Å². The second kappa shape index (κ2) is 7.81. The minimum atomic E-state index is -0.840. The molecule has 6 nitrogen and oxygen atoms in total. The number of benzene rings is 1. The molecule has 2 heterocycles. The van der Waals surface area contributed by atoms with Crippen LogP contribution in [0.3, 0.4) is 0 Å². The van der Waals surface area contributed by atoms with Crippen molar-refractivity contribution in [2.24, 2.45) is 5.41 Å². The molecule has 1 aromatic carbocycles. The molecule has 0 aliphatic heterocycles. The van der Waals surface area contributed by atoms with Gasteiger partial charge in [0.05, 0.1) is 12.1 Å². The smallest absolute Gasteiger partial charge is 0.279 e. The van der Waals surface area contributed by atoms with E-state index in [0.717, 1.165) is 5.56 Å². The zero-order valence-corrected chi connectivity index (χ0v) is 17.2. The lowest BCUT2D eigenvalue weighted by atomic mass is 9.87. The maximum Gasteiger partial charge on any atom is 0.279 e. The molecule has 3 rings (SSSR count). The molecule has 0 radical (unpaired) electrons. The SMILES string of the molecule is CC(C)(C)C(=O)c1cn2ccn(Cc3cccc(Cl)c3)c(=O)c2c(O)c1=O.Cl. The molecule has 0 aliphatic rings. The molecule has 8 heteroatoms. The summed E-state index contributed by atoms with van der Waals surface area (Å²) in [5, 5.41) is 10.9. The van der Waals surface area contributed by atoms with Crippen LogP contribution in [0.2, 0.25) is 5.02 Å². The lowest BCUT2D eigenvalue weighted by molar-refractivity contribution is 0.0856. The van der Waals surface area contributed by atoms with Gasteiger partial charge in [0.25, 0.3) is 5.56 Å². The summed E-state index contributed by atoms with van der Waals surface area (Å²) in [6, 6.07) is 7.05. The van der Waals surface area contributed by atoms with Gasteiger partial charge in [0.2, 0.25) is 5.43 Å². The largest absolute Gasteiger partial charge is 0.503 e. The van der Waals surface area contributed by atoms with Crippen LogP contribution in [0.4, 0.5) is 0 Å². The monoisotopic (exact) mass is 422 g/mol. The van der Waals surface area contributed by atoms with E-state index in [1.54, 1.807) is 39.0 Å². The van der Waals surface area contributed by atoms with Crippen molar-refractivity contribution in [2.75, 3.05) is 0 Å². The Morgan fingerprint density at radius 1 is 1.18 bits per heavy atom. The van der Waals surface area contributed by atoms with Crippen LogP contribution in [0.15, 0.2) is 52.4 Å². The van der Waals surface area contributed by atoms with E-state index in [1.165, 1.54) is 27.6 Å². The van der Waals surface area contributed by atoms with Gasteiger partial charge in [-0.3, -0.25) is 14.4 Å². The Hall–Kier alpha value is -2.57. The summed E-state index contributed by atoms with van der Waals surface area (Å²) in [7, 11) is 0. The van der Waals surface area contributed by atoms with Crippen LogP contribution in [0.1, 0.15) is 36.7 Å². The first-order valence-corrected chi connectivity index (χ1v) is 8.74. The Bertz CT molecular complexity index is 1170. The van der Waals surface area contributed by atoms with Gasteiger partial charge in [0.15, 0.2) is 17.0 Å². The van der Waals surface area contributed by atoms with Gasteiger partial charge < -0.3 is 14.1 Å². The molecule has 0 saturated heterocycles. The van der Waals surface area contributed by atoms with E-state index in [0.29, 0.717) is 5.02 Å². The lowest BCUT2D eigenvalue weighted by Crippen LogP contribution is -2.29. The van der Waals surface area contributed by atoms with Crippen molar-refractivity contribution >= 4 is 35.3 Å². The number of rotatable bonds is 3. The Kier molecular flexibility index (Phi) is 6.06. The highest BCUT2D eigenvalue weighted by atomic mass is 35.5. The summed E-state index contributed by atoms with van der Waals surface area (Å²) in [6.45, 7) is 5.28. The van der Waals surface area contributed by atoms with Gasteiger partial charge in [-0.1, -0.05) is 44.5 Å². The van der Waals surface area contributed by atoms with E-state index >= 15 is 0 Å². The number of hydrogen-bond acceptors (Lipinski definition) is 4. The van der Waals surface area contributed by atoms with Crippen LogP contribution in [-0.2, 0) is 6.54 Å². The van der Waals surface area contributed by atoms with E-state index in [1.807, 2.05) is 6.07 Å². The van der Waals surface area contributed by atoms with E-state index < -0.39 is 27.9 Å². The normalized spacial score (nSPS) is 11.3. The Labute approximate surface area is 172 Å². The summed E-state index contributed by atoms with van der Waals surface area (Å²) in [5.41, 5.74) is -1.69. The highest BCUT2D eigenvalue weighted by Gasteiger charge is 2.27. The molecule has 0 atom stereocenters. The first-order chi connectivity index (χ1) is 12.6. The van der Waals surface area contributed by atoms with Gasteiger partial charge in [-0.2, -0.15) is 0 Å². The molecule has 3 aromatic rings. The maximum absolute atomic E-state index is 12.8. The second-order valence-corrected chi connectivity index (χ2v) is 7.85. The minimum absolute atomic E-state index is 0. The summed E-state index contributed by atoms with van der Waals surface area (Å²) in [5.74, 6) is -1.13. The van der Waals surface area contributed by atoms with Crippen molar-refractivity contribution in [3.63, 3.8) is 0 Å². The third-order valence-electron chi connectivity index (χ3n) is 4.25. The Balaban J connectivity index is 0.00000280. The van der Waals surface area contributed by atoms with Crippen LogP contribution in [0, 0.1) is 5.41 Å². The third-order valence-corrected chi connectivity index (χ3v) is 4.48. The first-order valence-electron chi connectivity index (χ1n) is 8.36. The second-order valence-electron chi connectivity index (χ2n) is 7.42. The third kappa shape index (κ3) is 3.98.